The van der Waals surface area contributed by atoms with Crippen LogP contribution in [-0.4, -0.2) is 34.3 Å². The van der Waals surface area contributed by atoms with E-state index in [-0.39, 0.29) is 18.2 Å². The highest BCUT2D eigenvalue weighted by Gasteiger charge is 2.20. The molecule has 0 saturated carbocycles. The van der Waals surface area contributed by atoms with Crippen LogP contribution in [0.4, 0.5) is 4.79 Å². The monoisotopic (exact) mass is 266 g/mol. The topological polar surface area (TPSA) is 98.7 Å². The van der Waals surface area contributed by atoms with E-state index in [1.54, 1.807) is 26.0 Å². The maximum atomic E-state index is 11.5. The largest absolute Gasteiger partial charge is 0.508 e. The molecule has 0 spiro atoms. The van der Waals surface area contributed by atoms with Crippen LogP contribution in [0.15, 0.2) is 24.3 Å². The summed E-state index contributed by atoms with van der Waals surface area (Å²) in [6.07, 6.45) is 0.154. The number of carboxylic acid groups (broad SMARTS) is 1. The number of hydrogen-bond acceptors (Lipinski definition) is 3. The lowest BCUT2D eigenvalue weighted by Crippen LogP contribution is -2.48. The van der Waals surface area contributed by atoms with Gasteiger partial charge in [-0.2, -0.15) is 0 Å². The Kier molecular flexibility index (Phi) is 5.17. The van der Waals surface area contributed by atoms with Gasteiger partial charge >= 0.3 is 12.0 Å². The van der Waals surface area contributed by atoms with Crippen molar-refractivity contribution in [2.24, 2.45) is 0 Å². The molecule has 0 radical (unpaired) electrons. The smallest absolute Gasteiger partial charge is 0.326 e. The van der Waals surface area contributed by atoms with E-state index < -0.39 is 18.0 Å². The summed E-state index contributed by atoms with van der Waals surface area (Å²) in [6, 6.07) is 4.60. The Balaban J connectivity index is 2.65. The molecule has 1 aromatic rings. The van der Waals surface area contributed by atoms with Crippen molar-refractivity contribution in [1.82, 2.24) is 10.6 Å². The average molecular weight is 266 g/mol. The van der Waals surface area contributed by atoms with Crippen LogP contribution in [0.1, 0.15) is 19.4 Å². The number of phenolic OH excluding ortho intramolecular Hbond substituents is 1. The van der Waals surface area contributed by atoms with E-state index >= 15 is 0 Å². The highest BCUT2D eigenvalue weighted by Crippen LogP contribution is 2.11. The second-order valence-corrected chi connectivity index (χ2v) is 4.53. The van der Waals surface area contributed by atoms with Crippen molar-refractivity contribution in [2.45, 2.75) is 32.4 Å². The van der Waals surface area contributed by atoms with Crippen LogP contribution in [-0.2, 0) is 11.2 Å². The van der Waals surface area contributed by atoms with E-state index in [1.165, 1.54) is 12.1 Å². The predicted octanol–water partition coefficient (Wildman–Crippen LogP) is 1.10. The van der Waals surface area contributed by atoms with E-state index in [4.69, 9.17) is 10.2 Å². The fourth-order valence-corrected chi connectivity index (χ4v) is 1.53. The Labute approximate surface area is 111 Å². The Hall–Kier alpha value is -2.24. The summed E-state index contributed by atoms with van der Waals surface area (Å²) >= 11 is 0. The summed E-state index contributed by atoms with van der Waals surface area (Å²) in [5.41, 5.74) is 0.718. The molecular formula is C13H18N2O4. The number of hydrogen-bond donors (Lipinski definition) is 4. The van der Waals surface area contributed by atoms with Gasteiger partial charge in [-0.1, -0.05) is 12.1 Å². The molecule has 1 atom stereocenters. The first kappa shape index (κ1) is 14.8. The van der Waals surface area contributed by atoms with Crippen molar-refractivity contribution in [1.29, 1.82) is 0 Å². The standard InChI is InChI=1S/C13H18N2O4/c1-8(2)14-13(19)15-11(12(17)18)7-9-3-5-10(16)6-4-9/h3-6,8,11,16H,7H2,1-2H3,(H,17,18)(H2,14,15,19). The van der Waals surface area contributed by atoms with Crippen molar-refractivity contribution in [3.8, 4) is 5.75 Å². The first-order valence-corrected chi connectivity index (χ1v) is 5.96. The molecule has 0 fully saturated rings. The van der Waals surface area contributed by atoms with Crippen LogP contribution >= 0.6 is 0 Å². The molecule has 1 rings (SSSR count). The van der Waals surface area contributed by atoms with Crippen LogP contribution in [0.5, 0.6) is 5.75 Å². The molecule has 0 bridgehead atoms. The van der Waals surface area contributed by atoms with Gasteiger partial charge in [-0.25, -0.2) is 9.59 Å². The van der Waals surface area contributed by atoms with Gasteiger partial charge in [0, 0.05) is 12.5 Å². The minimum Gasteiger partial charge on any atom is -0.508 e. The number of rotatable bonds is 5. The number of amides is 2. The number of carbonyl (C=O) groups excluding carboxylic acids is 1. The summed E-state index contributed by atoms with van der Waals surface area (Å²) < 4.78 is 0. The van der Waals surface area contributed by atoms with Crippen molar-refractivity contribution in [2.75, 3.05) is 0 Å². The zero-order valence-electron chi connectivity index (χ0n) is 10.9. The molecule has 6 nitrogen and oxygen atoms in total. The van der Waals surface area contributed by atoms with Crippen LogP contribution in [0.25, 0.3) is 0 Å². The Morgan fingerprint density at radius 3 is 2.21 bits per heavy atom. The van der Waals surface area contributed by atoms with Crippen molar-refractivity contribution < 1.29 is 19.8 Å². The number of urea groups is 1. The van der Waals surface area contributed by atoms with Gasteiger partial charge in [-0.3, -0.25) is 0 Å². The summed E-state index contributed by atoms with van der Waals surface area (Å²) in [5.74, 6) is -0.992. The third-order valence-electron chi connectivity index (χ3n) is 2.40. The van der Waals surface area contributed by atoms with E-state index in [9.17, 15) is 9.59 Å². The van der Waals surface area contributed by atoms with Crippen molar-refractivity contribution in [3.05, 3.63) is 29.8 Å². The average Bonchev–Trinajstić information content (AvgIpc) is 2.29. The molecule has 104 valence electrons. The van der Waals surface area contributed by atoms with Gasteiger partial charge in [0.1, 0.15) is 11.8 Å². The van der Waals surface area contributed by atoms with Crippen LogP contribution in [0, 0.1) is 0 Å². The Morgan fingerprint density at radius 2 is 1.74 bits per heavy atom. The van der Waals surface area contributed by atoms with Gasteiger partial charge in [0.15, 0.2) is 0 Å². The molecule has 2 amide bonds. The molecule has 0 heterocycles. The molecule has 19 heavy (non-hydrogen) atoms. The number of benzene rings is 1. The lowest BCUT2D eigenvalue weighted by atomic mass is 10.1. The molecule has 0 aliphatic carbocycles. The highest BCUT2D eigenvalue weighted by molar-refractivity contribution is 5.82. The second-order valence-electron chi connectivity index (χ2n) is 4.53. The molecule has 0 aromatic heterocycles. The van der Waals surface area contributed by atoms with E-state index in [1.807, 2.05) is 0 Å². The number of phenols is 1. The van der Waals surface area contributed by atoms with Gasteiger partial charge in [0.05, 0.1) is 0 Å². The second kappa shape index (κ2) is 6.63. The fourth-order valence-electron chi connectivity index (χ4n) is 1.53. The van der Waals surface area contributed by atoms with E-state index in [2.05, 4.69) is 10.6 Å². The van der Waals surface area contributed by atoms with Crippen molar-refractivity contribution in [3.63, 3.8) is 0 Å². The number of aliphatic carboxylic acids is 1. The highest BCUT2D eigenvalue weighted by atomic mass is 16.4. The first-order valence-electron chi connectivity index (χ1n) is 5.96. The maximum absolute atomic E-state index is 11.5. The summed E-state index contributed by atoms with van der Waals surface area (Å²) in [6.45, 7) is 3.57. The molecular weight excluding hydrogens is 248 g/mol. The molecule has 0 saturated heterocycles. The quantitative estimate of drug-likeness (QED) is 0.641. The zero-order chi connectivity index (χ0) is 14.4. The summed E-state index contributed by atoms with van der Waals surface area (Å²) in [7, 11) is 0. The number of carbonyl (C=O) groups is 2. The Morgan fingerprint density at radius 1 is 1.16 bits per heavy atom. The molecule has 0 aliphatic rings. The Bertz CT molecular complexity index is 442. The third kappa shape index (κ3) is 5.29. The summed E-state index contributed by atoms with van der Waals surface area (Å²) in [4.78, 5) is 22.6. The van der Waals surface area contributed by atoms with Crippen LogP contribution < -0.4 is 10.6 Å². The minimum absolute atomic E-state index is 0.0666. The minimum atomic E-state index is -1.10. The number of nitrogens with one attached hydrogen (secondary N) is 2. The normalized spacial score (nSPS) is 11.9. The third-order valence-corrected chi connectivity index (χ3v) is 2.40. The zero-order valence-corrected chi connectivity index (χ0v) is 10.9. The van der Waals surface area contributed by atoms with Gasteiger partial charge in [-0.05, 0) is 31.5 Å². The first-order chi connectivity index (χ1) is 8.88. The van der Waals surface area contributed by atoms with Gasteiger partial charge in [0.25, 0.3) is 0 Å². The van der Waals surface area contributed by atoms with Gasteiger partial charge in [-0.15, -0.1) is 0 Å². The number of aromatic hydroxyl groups is 1. The lowest BCUT2D eigenvalue weighted by molar-refractivity contribution is -0.139. The predicted molar refractivity (Wildman–Crippen MR) is 70.0 cm³/mol. The van der Waals surface area contributed by atoms with E-state index in [0.29, 0.717) is 0 Å². The van der Waals surface area contributed by atoms with E-state index in [0.717, 1.165) is 5.56 Å². The number of carboxylic acids is 1. The molecule has 1 aromatic carbocycles. The molecule has 6 heteroatoms. The molecule has 0 aliphatic heterocycles. The van der Waals surface area contributed by atoms with Crippen LogP contribution in [0.2, 0.25) is 0 Å². The van der Waals surface area contributed by atoms with Gasteiger partial charge in [0.2, 0.25) is 0 Å². The lowest BCUT2D eigenvalue weighted by Gasteiger charge is -2.16. The maximum Gasteiger partial charge on any atom is 0.326 e. The molecule has 1 unspecified atom stereocenters. The molecule has 4 N–H and O–H groups in total. The summed E-state index contributed by atoms with van der Waals surface area (Å²) in [5, 5.41) is 23.2. The fraction of sp³-hybridized carbons (Fsp3) is 0.385. The van der Waals surface area contributed by atoms with Gasteiger partial charge < -0.3 is 20.8 Å². The van der Waals surface area contributed by atoms with Crippen LogP contribution in [0.3, 0.4) is 0 Å². The SMILES string of the molecule is CC(C)NC(=O)NC(Cc1ccc(O)cc1)C(=O)O. The van der Waals surface area contributed by atoms with Crippen molar-refractivity contribution >= 4 is 12.0 Å².